The third-order valence-electron chi connectivity index (χ3n) is 22.9. The summed E-state index contributed by atoms with van der Waals surface area (Å²) < 4.78 is 26.9. The molecule has 3 spiro atoms. The monoisotopic (exact) mass is 1640 g/mol. The van der Waals surface area contributed by atoms with E-state index in [1.54, 1.807) is 0 Å². The van der Waals surface area contributed by atoms with Crippen molar-refractivity contribution in [3.8, 4) is 0 Å². The van der Waals surface area contributed by atoms with Crippen LogP contribution in [0.4, 0.5) is 34.9 Å². The largest absolute Gasteiger partial charge is 0.390 e. The number of nitrogen functional groups attached to an aromatic ring is 3. The molecule has 30 heteroatoms. The van der Waals surface area contributed by atoms with Gasteiger partial charge in [-0.05, 0) is 185 Å². The van der Waals surface area contributed by atoms with E-state index in [1.165, 1.54) is 19.0 Å². The second-order valence-electron chi connectivity index (χ2n) is 29.9. The fraction of sp³-hybridized carbons (Fsp3) is 0.416. The molecule has 9 aromatic heterocycles. The molecule has 3 saturated heterocycles. The van der Waals surface area contributed by atoms with Crippen LogP contribution in [0.15, 0.2) is 142 Å². The molecule has 3 aliphatic heterocycles. The topological polar surface area (TPSA) is 394 Å². The molecule has 18 rings (SSSR count). The summed E-state index contributed by atoms with van der Waals surface area (Å²) in [6, 6.07) is 29.1. The number of aliphatic hydroxyl groups excluding tert-OH is 6. The van der Waals surface area contributed by atoms with Crippen molar-refractivity contribution in [1.29, 1.82) is 0 Å². The van der Waals surface area contributed by atoms with Gasteiger partial charge in [0, 0.05) is 70.1 Å². The van der Waals surface area contributed by atoms with Crippen molar-refractivity contribution in [3.63, 3.8) is 0 Å². The lowest BCUT2D eigenvalue weighted by atomic mass is 9.80. The van der Waals surface area contributed by atoms with Crippen molar-refractivity contribution in [2.24, 2.45) is 16.2 Å². The standard InChI is InChI=1S/2C26H29BrN6O3.C25H27BrN6O3/c1-13(2)31-24-16-5-6-33(25(16)30-12-29-24)19-9-26(22(35)21(19)34)10-20(36-11-26)15-4-3-14-7-17(27)23(28)32-18(14)8-15;1-2-6-29-24-16-5-7-33(25(16)31-13-30-24)19-10-26(22(35)21(19)34)11-20(36-12-26)15-4-3-14-8-17(27)23(28)32-18(14)9-15;1-2-28-23-15-5-6-32(24(15)30-12-29-23)18-9-25(21(34)20(18)33)10-19(35-11-25)14-4-3-13-7-16(26)22(27)31-17(13)8-14/h3-8,12-13,19-22,34-35H,9-11H2,1-2H3,(H2,28,32)(H,29,30,31);3-5,7-9,13,19-22,34-35H,2,6,10-12H2,1H3,(H2,28,32)(H,29,30,31);3-8,12,18-21,33-34H,2,9-11H2,1H3,(H2,27,31)(H,28,29,30)/t2*19-,20-,21+,22+,26-;18-,19-,20+,21+,25-/m111/s1. The minimum Gasteiger partial charge on any atom is -0.390 e. The highest BCUT2D eigenvalue weighted by molar-refractivity contribution is 9.11. The molecule has 0 bridgehead atoms. The first kappa shape index (κ1) is 72.8. The van der Waals surface area contributed by atoms with Gasteiger partial charge in [0.1, 0.15) is 89.1 Å². The normalized spacial score (nSPS) is 28.2. The summed E-state index contributed by atoms with van der Waals surface area (Å²) >= 11 is 10.3. The van der Waals surface area contributed by atoms with Gasteiger partial charge in [-0.3, -0.25) is 0 Å². The third-order valence-corrected chi connectivity index (χ3v) is 24.8. The maximum atomic E-state index is 11.2. The first-order valence-electron chi connectivity index (χ1n) is 36.2. The van der Waals surface area contributed by atoms with Crippen molar-refractivity contribution in [2.45, 2.75) is 152 Å². The van der Waals surface area contributed by atoms with Crippen LogP contribution in [-0.2, 0) is 14.2 Å². The van der Waals surface area contributed by atoms with Crippen LogP contribution in [0.5, 0.6) is 0 Å². The lowest BCUT2D eigenvalue weighted by Gasteiger charge is -2.26. The van der Waals surface area contributed by atoms with Crippen LogP contribution in [0.2, 0.25) is 0 Å². The summed E-state index contributed by atoms with van der Waals surface area (Å²) in [5.41, 5.74) is 23.9. The van der Waals surface area contributed by atoms with Crippen molar-refractivity contribution >= 4 is 149 Å². The van der Waals surface area contributed by atoms with E-state index in [-0.39, 0.29) is 42.5 Å². The van der Waals surface area contributed by atoms with Gasteiger partial charge in [0.15, 0.2) is 0 Å². The minimum absolute atomic E-state index is 0.198. The average Bonchev–Trinajstić information content (AvgIpc) is 1.59. The van der Waals surface area contributed by atoms with E-state index in [4.69, 9.17) is 31.4 Å². The first-order chi connectivity index (χ1) is 51.5. The lowest BCUT2D eigenvalue weighted by Crippen LogP contribution is -2.37. The summed E-state index contributed by atoms with van der Waals surface area (Å²) in [5, 5.41) is 82.7. The van der Waals surface area contributed by atoms with Gasteiger partial charge in [-0.15, -0.1) is 0 Å². The molecule has 3 aromatic carbocycles. The first-order valence-corrected chi connectivity index (χ1v) is 38.6. The summed E-state index contributed by atoms with van der Waals surface area (Å²) in [6.07, 6.45) is 8.82. The Hall–Kier alpha value is -8.37. The van der Waals surface area contributed by atoms with E-state index < -0.39 is 52.9 Å². The number of aliphatic hydroxyl groups is 6. The van der Waals surface area contributed by atoms with Gasteiger partial charge >= 0.3 is 0 Å². The number of nitrogens with one attached hydrogen (secondary N) is 3. The highest BCUT2D eigenvalue weighted by atomic mass is 79.9. The zero-order chi connectivity index (χ0) is 74.5. The molecule has 15 N–H and O–H groups in total. The number of ether oxygens (including phenoxy) is 3. The van der Waals surface area contributed by atoms with Crippen LogP contribution in [-0.4, -0.2) is 165 Å². The Morgan fingerprint density at radius 1 is 0.458 bits per heavy atom. The van der Waals surface area contributed by atoms with E-state index in [9.17, 15) is 30.6 Å². The molecule has 107 heavy (non-hydrogen) atoms. The number of hydrogen-bond acceptors (Lipinski definition) is 24. The third kappa shape index (κ3) is 13.1. The number of nitrogens with two attached hydrogens (primary N) is 3. The number of hydrogen-bond donors (Lipinski definition) is 12. The smallest absolute Gasteiger partial charge is 0.145 e. The molecule has 6 aliphatic rings. The summed E-state index contributed by atoms with van der Waals surface area (Å²) in [5.74, 6) is 3.63. The molecule has 12 heterocycles. The molecule has 0 unspecified atom stereocenters. The molecule has 27 nitrogen and oxygen atoms in total. The zero-order valence-corrected chi connectivity index (χ0v) is 64.0. The molecule has 0 amide bonds. The van der Waals surface area contributed by atoms with Gasteiger partial charge in [0.25, 0.3) is 0 Å². The van der Waals surface area contributed by atoms with Crippen LogP contribution in [0.3, 0.4) is 0 Å². The van der Waals surface area contributed by atoms with Crippen molar-refractivity contribution in [2.75, 3.05) is 66.1 Å². The number of anilines is 6. The molecule has 15 atom stereocenters. The number of pyridine rings is 3. The number of aromatic nitrogens is 12. The Kier molecular flexibility index (Phi) is 19.7. The number of rotatable bonds is 13. The van der Waals surface area contributed by atoms with E-state index in [2.05, 4.69) is 129 Å². The molecule has 0 radical (unpaired) electrons. The summed E-state index contributed by atoms with van der Waals surface area (Å²) in [7, 11) is 0. The number of nitrogens with zero attached hydrogens (tertiary/aromatic N) is 12. The number of halogens is 3. The quantitative estimate of drug-likeness (QED) is 0.0510. The van der Waals surface area contributed by atoms with Crippen LogP contribution >= 0.6 is 47.8 Å². The maximum absolute atomic E-state index is 11.2. The van der Waals surface area contributed by atoms with E-state index >= 15 is 0 Å². The van der Waals surface area contributed by atoms with Crippen LogP contribution in [0.1, 0.15) is 126 Å². The van der Waals surface area contributed by atoms with Gasteiger partial charge in [-0.1, -0.05) is 43.3 Å². The second-order valence-corrected chi connectivity index (χ2v) is 32.5. The fourth-order valence-electron chi connectivity index (χ4n) is 17.3. The van der Waals surface area contributed by atoms with E-state index in [0.717, 1.165) is 133 Å². The van der Waals surface area contributed by atoms with Crippen LogP contribution in [0, 0.1) is 16.2 Å². The Morgan fingerprint density at radius 3 is 1.13 bits per heavy atom. The van der Waals surface area contributed by atoms with Crippen LogP contribution < -0.4 is 33.2 Å². The van der Waals surface area contributed by atoms with E-state index in [1.807, 2.05) is 130 Å². The molecule has 12 aromatic rings. The number of fused-ring (bicyclic) bond motifs is 6. The molecule has 558 valence electrons. The molecular formula is C77H85Br3N18O9. The van der Waals surface area contributed by atoms with E-state index in [0.29, 0.717) is 75.8 Å². The molecule has 6 fully saturated rings. The molecular weight excluding hydrogens is 1560 g/mol. The average molecular weight is 1650 g/mol. The van der Waals surface area contributed by atoms with Gasteiger partial charge in [-0.25, -0.2) is 44.9 Å². The predicted molar refractivity (Wildman–Crippen MR) is 420 cm³/mol. The Morgan fingerprint density at radius 2 is 0.794 bits per heavy atom. The summed E-state index contributed by atoms with van der Waals surface area (Å²) in [4.78, 5) is 40.0. The zero-order valence-electron chi connectivity index (χ0n) is 59.3. The van der Waals surface area contributed by atoms with Gasteiger partial charge < -0.3 is 91.7 Å². The van der Waals surface area contributed by atoms with Crippen molar-refractivity contribution < 1.29 is 44.8 Å². The Labute approximate surface area is 640 Å². The highest BCUT2D eigenvalue weighted by Gasteiger charge is 2.60. The molecule has 3 aliphatic carbocycles. The van der Waals surface area contributed by atoms with Gasteiger partial charge in [-0.2, -0.15) is 0 Å². The second kappa shape index (κ2) is 28.9. The van der Waals surface area contributed by atoms with Crippen molar-refractivity contribution in [3.05, 3.63) is 159 Å². The highest BCUT2D eigenvalue weighted by Crippen LogP contribution is 2.58. The Balaban J connectivity index is 0.000000123. The van der Waals surface area contributed by atoms with Gasteiger partial charge in [0.05, 0.1) is 121 Å². The lowest BCUT2D eigenvalue weighted by molar-refractivity contribution is -0.0309. The SMILES string of the molecule is CC(C)Nc1ncnc2c1ccn2[C@@H]1C[C@@]2(CO[C@@H](c3ccc4cc(Br)c(N)nc4c3)C2)[C@@H](O)[C@H]1O.CCCNc1ncnc2c1ccn2[C@@H]1C[C@@]2(CO[C@@H](c3ccc4cc(Br)c(N)nc4c3)C2)[C@@H](O)[C@H]1O.CCNc1ncnc2c1ccn2[C@@H]1C[C@@]2(CO[C@@H](c3ccc4cc(Br)c(N)nc4c3)C2)[C@@H](O)[C@H]1O. The van der Waals surface area contributed by atoms with Crippen molar-refractivity contribution in [1.82, 2.24) is 58.6 Å². The minimum atomic E-state index is -0.935. The fourth-order valence-corrected chi connectivity index (χ4v) is 18.4. The molecule has 3 saturated carbocycles. The predicted octanol–water partition coefficient (Wildman–Crippen LogP) is 11.5. The number of benzene rings is 3. The maximum Gasteiger partial charge on any atom is 0.145 e. The van der Waals surface area contributed by atoms with Crippen LogP contribution in [0.25, 0.3) is 65.8 Å². The van der Waals surface area contributed by atoms with Gasteiger partial charge in [0.2, 0.25) is 0 Å². The summed E-state index contributed by atoms with van der Waals surface area (Å²) in [6.45, 7) is 10.9. The Bertz CT molecular complexity index is 5360.